The second-order valence-corrected chi connectivity index (χ2v) is 10.0. The average molecular weight is 546 g/mol. The first-order valence-electron chi connectivity index (χ1n) is 13.5. The lowest BCUT2D eigenvalue weighted by molar-refractivity contribution is 0.0971. The summed E-state index contributed by atoms with van der Waals surface area (Å²) in [5.74, 6) is 0.877. The van der Waals surface area contributed by atoms with E-state index in [9.17, 15) is 9.59 Å². The summed E-state index contributed by atoms with van der Waals surface area (Å²) < 4.78 is 18.1. The van der Waals surface area contributed by atoms with E-state index in [0.29, 0.717) is 46.4 Å². The van der Waals surface area contributed by atoms with Gasteiger partial charge in [-0.05, 0) is 73.4 Å². The Morgan fingerprint density at radius 2 is 1.69 bits per heavy atom. The van der Waals surface area contributed by atoms with E-state index in [4.69, 9.17) is 25.5 Å². The molecule has 7 heteroatoms. The van der Waals surface area contributed by atoms with Gasteiger partial charge in [0.05, 0.1) is 30.2 Å². The molecule has 5 rings (SSSR count). The Balaban J connectivity index is 1.67. The minimum atomic E-state index is -0.715. The number of nitrogens with zero attached hydrogens (tertiary/aromatic N) is 1. The van der Waals surface area contributed by atoms with Crippen LogP contribution in [0.15, 0.2) is 69.9 Å². The second-order valence-electron chi connectivity index (χ2n) is 9.61. The highest BCUT2D eigenvalue weighted by Gasteiger charge is 2.44. The van der Waals surface area contributed by atoms with Gasteiger partial charge in [0.15, 0.2) is 16.9 Å². The summed E-state index contributed by atoms with van der Waals surface area (Å²) in [6.45, 7) is 7.17. The van der Waals surface area contributed by atoms with Gasteiger partial charge in [-0.25, -0.2) is 0 Å². The highest BCUT2D eigenvalue weighted by atomic mass is 35.5. The Morgan fingerprint density at radius 1 is 0.897 bits per heavy atom. The van der Waals surface area contributed by atoms with Crippen molar-refractivity contribution in [2.24, 2.45) is 0 Å². The summed E-state index contributed by atoms with van der Waals surface area (Å²) in [4.78, 5) is 29.4. The first-order chi connectivity index (χ1) is 19.0. The maximum atomic E-state index is 13.9. The summed E-state index contributed by atoms with van der Waals surface area (Å²) >= 11 is 6.22. The van der Waals surface area contributed by atoms with E-state index in [1.807, 2.05) is 49.4 Å². The van der Waals surface area contributed by atoms with E-state index in [0.717, 1.165) is 36.8 Å². The predicted molar refractivity (Wildman–Crippen MR) is 155 cm³/mol. The lowest BCUT2D eigenvalue weighted by Gasteiger charge is -2.26. The zero-order chi connectivity index (χ0) is 27.5. The molecule has 2 heterocycles. The van der Waals surface area contributed by atoms with Gasteiger partial charge in [-0.2, -0.15) is 0 Å². The molecule has 0 saturated carbocycles. The van der Waals surface area contributed by atoms with Crippen LogP contribution in [0.3, 0.4) is 0 Å². The number of hydrogen-bond acceptors (Lipinski definition) is 5. The van der Waals surface area contributed by atoms with Gasteiger partial charge in [-0.15, -0.1) is 0 Å². The van der Waals surface area contributed by atoms with Gasteiger partial charge in [-0.1, -0.05) is 56.5 Å². The van der Waals surface area contributed by atoms with Crippen molar-refractivity contribution in [1.29, 1.82) is 0 Å². The predicted octanol–water partition coefficient (Wildman–Crippen LogP) is 7.73. The molecule has 3 aromatic carbocycles. The van der Waals surface area contributed by atoms with Crippen molar-refractivity contribution in [1.82, 2.24) is 0 Å². The molecular formula is C32H32ClNO5. The van der Waals surface area contributed by atoms with Gasteiger partial charge < -0.3 is 13.9 Å². The molecule has 1 amide bonds. The van der Waals surface area contributed by atoms with Gasteiger partial charge in [0.1, 0.15) is 5.58 Å². The molecule has 202 valence electrons. The van der Waals surface area contributed by atoms with Crippen LogP contribution in [-0.2, 0) is 6.42 Å². The topological polar surface area (TPSA) is 69.0 Å². The number of halogens is 1. The van der Waals surface area contributed by atoms with E-state index >= 15 is 0 Å². The van der Waals surface area contributed by atoms with Gasteiger partial charge >= 0.3 is 0 Å². The molecule has 6 nitrogen and oxygen atoms in total. The van der Waals surface area contributed by atoms with Gasteiger partial charge in [0.25, 0.3) is 5.91 Å². The highest BCUT2D eigenvalue weighted by Crippen LogP contribution is 2.43. The fourth-order valence-corrected chi connectivity index (χ4v) is 5.21. The number of ether oxygens (including phenoxy) is 2. The lowest BCUT2D eigenvalue weighted by Crippen LogP contribution is -2.29. The molecule has 0 spiro atoms. The van der Waals surface area contributed by atoms with Crippen LogP contribution in [0.5, 0.6) is 11.5 Å². The number of carbonyl (C=O) groups excluding carboxylic acids is 1. The van der Waals surface area contributed by atoms with Crippen LogP contribution in [0.1, 0.15) is 73.3 Å². The smallest absolute Gasteiger partial charge is 0.295 e. The molecule has 0 radical (unpaired) electrons. The molecule has 1 unspecified atom stereocenters. The summed E-state index contributed by atoms with van der Waals surface area (Å²) in [7, 11) is 0. The monoisotopic (exact) mass is 545 g/mol. The molecule has 4 aromatic rings. The van der Waals surface area contributed by atoms with E-state index in [1.165, 1.54) is 0 Å². The maximum absolute atomic E-state index is 13.9. The van der Waals surface area contributed by atoms with Crippen LogP contribution in [0.4, 0.5) is 5.69 Å². The molecule has 0 fully saturated rings. The molecule has 1 aromatic heterocycles. The zero-order valence-corrected chi connectivity index (χ0v) is 23.2. The standard InChI is InChI=1S/C32H32ClNO5/c1-4-7-8-17-38-26-15-11-21(18-27(26)37-6-3)29-28-30(35)24-19-22(33)12-16-25(24)39-31(28)32(36)34(29)23-13-9-20(5-2)10-14-23/h9-16,18-19,29H,4-8,17H2,1-3H3. The quantitative estimate of drug-likeness (QED) is 0.191. The normalized spacial score (nSPS) is 14.6. The molecule has 0 saturated heterocycles. The Bertz CT molecular complexity index is 1560. The SMILES string of the molecule is CCCCCOc1ccc(C2c3c(oc4ccc(Cl)cc4c3=O)C(=O)N2c2ccc(CC)cc2)cc1OCC. The molecule has 0 aliphatic carbocycles. The van der Waals surface area contributed by atoms with E-state index in [2.05, 4.69) is 13.8 Å². The van der Waals surface area contributed by atoms with Crippen LogP contribution >= 0.6 is 11.6 Å². The first-order valence-corrected chi connectivity index (χ1v) is 13.9. The van der Waals surface area contributed by atoms with Crippen molar-refractivity contribution >= 4 is 34.2 Å². The van der Waals surface area contributed by atoms with Crippen LogP contribution in [0, 0.1) is 0 Å². The number of aryl methyl sites for hydroxylation is 1. The minimum absolute atomic E-state index is 0.0391. The highest BCUT2D eigenvalue weighted by molar-refractivity contribution is 6.31. The lowest BCUT2D eigenvalue weighted by atomic mass is 9.97. The molecule has 1 aliphatic heterocycles. The van der Waals surface area contributed by atoms with Crippen molar-refractivity contribution in [3.63, 3.8) is 0 Å². The van der Waals surface area contributed by atoms with Crippen LogP contribution in [0.2, 0.25) is 5.02 Å². The Hall–Kier alpha value is -3.77. The largest absolute Gasteiger partial charge is 0.490 e. The molecule has 0 bridgehead atoms. The molecule has 1 aliphatic rings. The Labute approximate surface area is 233 Å². The fourth-order valence-electron chi connectivity index (χ4n) is 5.04. The number of fused-ring (bicyclic) bond motifs is 2. The number of unbranched alkanes of at least 4 members (excludes halogenated alkanes) is 2. The van der Waals surface area contributed by atoms with Crippen molar-refractivity contribution in [2.45, 2.75) is 52.5 Å². The van der Waals surface area contributed by atoms with Crippen molar-refractivity contribution in [3.05, 3.63) is 98.4 Å². The average Bonchev–Trinajstić information content (AvgIpc) is 3.24. The number of amides is 1. The summed E-state index contributed by atoms with van der Waals surface area (Å²) in [5, 5.41) is 0.758. The first kappa shape index (κ1) is 26.8. The molecule has 39 heavy (non-hydrogen) atoms. The number of hydrogen-bond donors (Lipinski definition) is 0. The summed E-state index contributed by atoms with van der Waals surface area (Å²) in [6, 6.07) is 17.5. The third kappa shape index (κ3) is 5.13. The second kappa shape index (κ2) is 11.5. The van der Waals surface area contributed by atoms with Crippen molar-refractivity contribution < 1.29 is 18.7 Å². The van der Waals surface area contributed by atoms with Gasteiger partial charge in [0.2, 0.25) is 5.76 Å². The van der Waals surface area contributed by atoms with Gasteiger partial charge in [-0.3, -0.25) is 14.5 Å². The summed E-state index contributed by atoms with van der Waals surface area (Å²) in [6.07, 6.45) is 4.02. The molecule has 0 N–H and O–H groups in total. The number of rotatable bonds is 10. The zero-order valence-electron chi connectivity index (χ0n) is 22.5. The summed E-state index contributed by atoms with van der Waals surface area (Å²) in [5.41, 5.74) is 2.88. The number of anilines is 1. The van der Waals surface area contributed by atoms with Crippen LogP contribution < -0.4 is 19.8 Å². The minimum Gasteiger partial charge on any atom is -0.490 e. The molecular weight excluding hydrogens is 514 g/mol. The van der Waals surface area contributed by atoms with E-state index < -0.39 is 6.04 Å². The van der Waals surface area contributed by atoms with E-state index in [1.54, 1.807) is 23.1 Å². The Morgan fingerprint density at radius 3 is 2.41 bits per heavy atom. The maximum Gasteiger partial charge on any atom is 0.295 e. The third-order valence-corrected chi connectivity index (χ3v) is 7.28. The fraction of sp³-hybridized carbons (Fsp3) is 0.312. The van der Waals surface area contributed by atoms with E-state index in [-0.39, 0.29) is 22.7 Å². The Kier molecular flexibility index (Phi) is 7.94. The van der Waals surface area contributed by atoms with Crippen LogP contribution in [0.25, 0.3) is 11.0 Å². The number of benzene rings is 3. The third-order valence-electron chi connectivity index (χ3n) is 7.04. The van der Waals surface area contributed by atoms with Crippen molar-refractivity contribution in [2.75, 3.05) is 18.1 Å². The molecule has 1 atom stereocenters. The van der Waals surface area contributed by atoms with Crippen molar-refractivity contribution in [3.8, 4) is 11.5 Å². The van der Waals surface area contributed by atoms with Crippen LogP contribution in [-0.4, -0.2) is 19.1 Å². The number of carbonyl (C=O) groups is 1. The van der Waals surface area contributed by atoms with Gasteiger partial charge in [0, 0.05) is 10.7 Å².